The number of nitrogens with one attached hydrogen (secondary N) is 1. The molecule has 32 heavy (non-hydrogen) atoms. The third-order valence-electron chi connectivity index (χ3n) is 4.70. The number of carbonyl (C=O) groups is 2. The standard InChI is InChI=1S/C22H21N3O7/c1-13-8-9-16(25(28)29)10-19(13)23-21(26)12-31-22(27)17-6-4-5-7-20(17)30-11-18-14(2)24-32-15(18)3/h4-10H,11-12H2,1-3H3,(H,23,26). The number of nitro groups is 1. The number of amides is 1. The van der Waals surface area contributed by atoms with E-state index in [2.05, 4.69) is 10.5 Å². The summed E-state index contributed by atoms with van der Waals surface area (Å²) < 4.78 is 16.0. The van der Waals surface area contributed by atoms with Gasteiger partial charge in [0.2, 0.25) is 0 Å². The van der Waals surface area contributed by atoms with Gasteiger partial charge in [-0.15, -0.1) is 0 Å². The summed E-state index contributed by atoms with van der Waals surface area (Å²) in [6.45, 7) is 4.83. The van der Waals surface area contributed by atoms with Crippen LogP contribution in [0.2, 0.25) is 0 Å². The number of hydrogen-bond donors (Lipinski definition) is 1. The minimum Gasteiger partial charge on any atom is -0.488 e. The van der Waals surface area contributed by atoms with E-state index in [1.54, 1.807) is 39.0 Å². The lowest BCUT2D eigenvalue weighted by atomic mass is 10.2. The van der Waals surface area contributed by atoms with Crippen molar-refractivity contribution in [1.82, 2.24) is 5.16 Å². The minimum absolute atomic E-state index is 0.151. The number of nitrogens with zero attached hydrogens (tertiary/aromatic N) is 2. The molecule has 1 heterocycles. The summed E-state index contributed by atoms with van der Waals surface area (Å²) in [5, 5.41) is 17.3. The molecule has 1 amide bonds. The van der Waals surface area contributed by atoms with Crippen molar-refractivity contribution in [2.24, 2.45) is 0 Å². The van der Waals surface area contributed by atoms with E-state index in [-0.39, 0.29) is 29.3 Å². The van der Waals surface area contributed by atoms with E-state index in [4.69, 9.17) is 14.0 Å². The second-order valence-corrected chi connectivity index (χ2v) is 6.97. The average molecular weight is 439 g/mol. The molecule has 0 aliphatic rings. The molecule has 0 atom stereocenters. The van der Waals surface area contributed by atoms with Crippen LogP contribution < -0.4 is 10.1 Å². The highest BCUT2D eigenvalue weighted by Gasteiger charge is 2.18. The van der Waals surface area contributed by atoms with Gasteiger partial charge in [0.15, 0.2) is 6.61 Å². The van der Waals surface area contributed by atoms with Crippen molar-refractivity contribution >= 4 is 23.3 Å². The van der Waals surface area contributed by atoms with Crippen LogP contribution in [-0.4, -0.2) is 28.6 Å². The molecular weight excluding hydrogens is 418 g/mol. The summed E-state index contributed by atoms with van der Waals surface area (Å²) in [7, 11) is 0. The largest absolute Gasteiger partial charge is 0.488 e. The fourth-order valence-electron chi connectivity index (χ4n) is 2.87. The molecule has 0 saturated carbocycles. The summed E-state index contributed by atoms with van der Waals surface area (Å²) >= 11 is 0. The van der Waals surface area contributed by atoms with Gasteiger partial charge < -0.3 is 19.3 Å². The van der Waals surface area contributed by atoms with Crippen molar-refractivity contribution in [3.05, 3.63) is 80.7 Å². The Morgan fingerprint density at radius 2 is 1.91 bits per heavy atom. The molecule has 10 nitrogen and oxygen atoms in total. The molecule has 1 N–H and O–H groups in total. The molecular formula is C22H21N3O7. The second-order valence-electron chi connectivity index (χ2n) is 6.97. The Labute approximate surface area is 183 Å². The maximum Gasteiger partial charge on any atom is 0.342 e. The topological polar surface area (TPSA) is 134 Å². The summed E-state index contributed by atoms with van der Waals surface area (Å²) in [5.74, 6) is -0.468. The normalized spacial score (nSPS) is 10.5. The zero-order valence-corrected chi connectivity index (χ0v) is 17.7. The van der Waals surface area contributed by atoms with E-state index in [0.717, 1.165) is 5.56 Å². The van der Waals surface area contributed by atoms with E-state index in [1.165, 1.54) is 24.3 Å². The van der Waals surface area contributed by atoms with Crippen molar-refractivity contribution in [3.63, 3.8) is 0 Å². The van der Waals surface area contributed by atoms with E-state index >= 15 is 0 Å². The predicted octanol–water partition coefficient (Wildman–Crippen LogP) is 3.88. The molecule has 0 aliphatic carbocycles. The maximum absolute atomic E-state index is 12.5. The number of non-ortho nitro benzene ring substituents is 1. The Morgan fingerprint density at radius 1 is 1.16 bits per heavy atom. The first kappa shape index (κ1) is 22.5. The van der Waals surface area contributed by atoms with Gasteiger partial charge in [0, 0.05) is 12.1 Å². The molecule has 0 spiro atoms. The molecule has 3 aromatic rings. The molecule has 0 radical (unpaired) electrons. The number of aryl methyl sites for hydroxylation is 3. The summed E-state index contributed by atoms with van der Waals surface area (Å²) in [5.41, 5.74) is 2.36. The first-order chi connectivity index (χ1) is 15.3. The molecule has 1 aromatic heterocycles. The van der Waals surface area contributed by atoms with Crippen molar-refractivity contribution in [2.75, 3.05) is 11.9 Å². The fraction of sp³-hybridized carbons (Fsp3) is 0.227. The number of hydrogen-bond acceptors (Lipinski definition) is 8. The van der Waals surface area contributed by atoms with Gasteiger partial charge in [-0.3, -0.25) is 14.9 Å². The van der Waals surface area contributed by atoms with Gasteiger partial charge in [0.1, 0.15) is 23.7 Å². The fourth-order valence-corrected chi connectivity index (χ4v) is 2.87. The van der Waals surface area contributed by atoms with Crippen LogP contribution in [0.15, 0.2) is 47.0 Å². The maximum atomic E-state index is 12.5. The van der Waals surface area contributed by atoms with Crippen molar-refractivity contribution in [2.45, 2.75) is 27.4 Å². The molecule has 3 rings (SSSR count). The summed E-state index contributed by atoms with van der Waals surface area (Å²) in [4.78, 5) is 35.1. The average Bonchev–Trinajstić information content (AvgIpc) is 3.09. The molecule has 0 unspecified atom stereocenters. The number of esters is 1. The summed E-state index contributed by atoms with van der Waals surface area (Å²) in [6.07, 6.45) is 0. The molecule has 0 fully saturated rings. The van der Waals surface area contributed by atoms with Crippen molar-refractivity contribution in [3.8, 4) is 5.75 Å². The first-order valence-electron chi connectivity index (χ1n) is 9.62. The second kappa shape index (κ2) is 9.73. The van der Waals surface area contributed by atoms with E-state index < -0.39 is 23.4 Å². The number of carbonyl (C=O) groups excluding carboxylic acids is 2. The quantitative estimate of drug-likeness (QED) is 0.317. The lowest BCUT2D eigenvalue weighted by Crippen LogP contribution is -2.21. The lowest BCUT2D eigenvalue weighted by Gasteiger charge is -2.12. The van der Waals surface area contributed by atoms with Crippen LogP contribution in [0.3, 0.4) is 0 Å². The SMILES string of the molecule is Cc1ccc([N+](=O)[O-])cc1NC(=O)COC(=O)c1ccccc1OCc1c(C)noc1C. The Hall–Kier alpha value is -4.21. The van der Waals surface area contributed by atoms with E-state index in [9.17, 15) is 19.7 Å². The molecule has 10 heteroatoms. The molecule has 0 aliphatic heterocycles. The van der Waals surface area contributed by atoms with Gasteiger partial charge in [0.05, 0.1) is 21.9 Å². The van der Waals surface area contributed by atoms with Gasteiger partial charge in [0.25, 0.3) is 11.6 Å². The van der Waals surface area contributed by atoms with Crippen LogP contribution in [0.1, 0.15) is 32.9 Å². The van der Waals surface area contributed by atoms with E-state index in [1.807, 2.05) is 0 Å². The zero-order valence-electron chi connectivity index (χ0n) is 17.7. The highest BCUT2D eigenvalue weighted by molar-refractivity contribution is 5.97. The first-order valence-corrected chi connectivity index (χ1v) is 9.62. The van der Waals surface area contributed by atoms with Crippen LogP contribution in [0.5, 0.6) is 5.75 Å². The number of ether oxygens (including phenoxy) is 2. The third-order valence-corrected chi connectivity index (χ3v) is 4.70. The van der Waals surface area contributed by atoms with Gasteiger partial charge in [-0.05, 0) is 38.5 Å². The number of benzene rings is 2. The molecule has 0 saturated heterocycles. The van der Waals surface area contributed by atoms with Gasteiger partial charge in [-0.2, -0.15) is 0 Å². The molecule has 166 valence electrons. The Morgan fingerprint density at radius 3 is 2.59 bits per heavy atom. The smallest absolute Gasteiger partial charge is 0.342 e. The predicted molar refractivity (Wildman–Crippen MR) is 113 cm³/mol. The Balaban J connectivity index is 1.62. The number of aromatic nitrogens is 1. The highest BCUT2D eigenvalue weighted by Crippen LogP contribution is 2.23. The third kappa shape index (κ3) is 5.28. The number of para-hydroxylation sites is 1. The monoisotopic (exact) mass is 439 g/mol. The molecule has 0 bridgehead atoms. The lowest BCUT2D eigenvalue weighted by molar-refractivity contribution is -0.384. The number of rotatable bonds is 8. The number of nitro benzene ring substituents is 1. The number of anilines is 1. The van der Waals surface area contributed by atoms with Gasteiger partial charge in [-0.1, -0.05) is 23.4 Å². The highest BCUT2D eigenvalue weighted by atomic mass is 16.6. The minimum atomic E-state index is -0.745. The van der Waals surface area contributed by atoms with Gasteiger partial charge in [-0.25, -0.2) is 4.79 Å². The van der Waals surface area contributed by atoms with Crippen molar-refractivity contribution < 1.29 is 28.5 Å². The van der Waals surface area contributed by atoms with Gasteiger partial charge >= 0.3 is 5.97 Å². The Kier molecular flexibility index (Phi) is 6.83. The zero-order chi connectivity index (χ0) is 23.3. The van der Waals surface area contributed by atoms with Crippen LogP contribution in [0, 0.1) is 30.9 Å². The molecule has 2 aromatic carbocycles. The van der Waals surface area contributed by atoms with Crippen LogP contribution in [0.25, 0.3) is 0 Å². The van der Waals surface area contributed by atoms with Crippen LogP contribution >= 0.6 is 0 Å². The van der Waals surface area contributed by atoms with Crippen molar-refractivity contribution in [1.29, 1.82) is 0 Å². The Bertz CT molecular complexity index is 1150. The summed E-state index contributed by atoms with van der Waals surface area (Å²) in [6, 6.07) is 10.6. The van der Waals surface area contributed by atoms with E-state index in [0.29, 0.717) is 17.0 Å². The van der Waals surface area contributed by atoms with Crippen LogP contribution in [-0.2, 0) is 16.1 Å². The van der Waals surface area contributed by atoms with Crippen LogP contribution in [0.4, 0.5) is 11.4 Å².